The van der Waals surface area contributed by atoms with Crippen LogP contribution < -0.4 is 4.74 Å². The maximum Gasteiger partial charge on any atom is 0.144 e. The van der Waals surface area contributed by atoms with Gasteiger partial charge in [0.1, 0.15) is 11.6 Å². The Morgan fingerprint density at radius 1 is 1.26 bits per heavy atom. The van der Waals surface area contributed by atoms with Crippen LogP contribution in [0.4, 0.5) is 4.39 Å². The Labute approximate surface area is 141 Å². The summed E-state index contributed by atoms with van der Waals surface area (Å²) in [6.07, 6.45) is 5.00. The number of ether oxygens (including phenoxy) is 1. The third-order valence-electron chi connectivity index (χ3n) is 4.04. The van der Waals surface area contributed by atoms with Crippen molar-refractivity contribution in [1.82, 2.24) is 9.78 Å². The number of nitrogens with zero attached hydrogens (tertiary/aromatic N) is 2. The number of benzene rings is 2. The van der Waals surface area contributed by atoms with Crippen LogP contribution in [0.1, 0.15) is 16.7 Å². The quantitative estimate of drug-likeness (QED) is 0.685. The minimum atomic E-state index is -0.199. The van der Waals surface area contributed by atoms with E-state index < -0.39 is 0 Å². The van der Waals surface area contributed by atoms with Gasteiger partial charge in [0.15, 0.2) is 0 Å². The van der Waals surface area contributed by atoms with E-state index in [0.717, 1.165) is 16.8 Å². The van der Waals surface area contributed by atoms with Crippen molar-refractivity contribution >= 4 is 15.9 Å². The van der Waals surface area contributed by atoms with Gasteiger partial charge in [-0.25, -0.2) is 9.07 Å². The molecule has 0 bridgehead atoms. The molecule has 0 saturated carbocycles. The lowest BCUT2D eigenvalue weighted by atomic mass is 10.0. The highest BCUT2D eigenvalue weighted by Gasteiger charge is 2.23. The number of hydrogen-bond acceptors (Lipinski definition) is 2. The van der Waals surface area contributed by atoms with E-state index in [0.29, 0.717) is 35.2 Å². The summed E-state index contributed by atoms with van der Waals surface area (Å²) >= 11 is 3.31. The summed E-state index contributed by atoms with van der Waals surface area (Å²) in [5, 5.41) is 4.22. The molecule has 0 radical (unpaired) electrons. The van der Waals surface area contributed by atoms with E-state index in [1.807, 2.05) is 35.1 Å². The highest BCUT2D eigenvalue weighted by Crippen LogP contribution is 2.37. The molecule has 0 fully saturated rings. The van der Waals surface area contributed by atoms with Gasteiger partial charge in [0.25, 0.3) is 0 Å². The minimum absolute atomic E-state index is 0.199. The summed E-state index contributed by atoms with van der Waals surface area (Å²) in [4.78, 5) is 0. The van der Waals surface area contributed by atoms with Crippen molar-refractivity contribution < 1.29 is 9.13 Å². The van der Waals surface area contributed by atoms with E-state index in [-0.39, 0.29) is 5.82 Å². The standard InChI is InChI=1S/C18H14BrFN2O/c19-16-11-13(18-15(17(16)20)6-9-23-18)10-12-2-4-14(5-3-12)22-8-1-7-21-22/h1-5,7-8,11H,6,9-10H2. The maximum absolute atomic E-state index is 14.1. The van der Waals surface area contributed by atoms with Crippen LogP contribution >= 0.6 is 15.9 Å². The fraction of sp³-hybridized carbons (Fsp3) is 0.167. The molecule has 116 valence electrons. The van der Waals surface area contributed by atoms with Crippen LogP contribution in [-0.2, 0) is 12.8 Å². The lowest BCUT2D eigenvalue weighted by Gasteiger charge is -2.11. The average Bonchev–Trinajstić information content (AvgIpc) is 3.24. The van der Waals surface area contributed by atoms with Crippen molar-refractivity contribution in [2.24, 2.45) is 0 Å². The van der Waals surface area contributed by atoms with Gasteiger partial charge in [-0.2, -0.15) is 5.10 Å². The molecule has 0 unspecified atom stereocenters. The molecule has 1 aliphatic heterocycles. The first-order valence-electron chi connectivity index (χ1n) is 7.44. The largest absolute Gasteiger partial charge is 0.493 e. The maximum atomic E-state index is 14.1. The molecule has 0 N–H and O–H groups in total. The molecular weight excluding hydrogens is 359 g/mol. The fourth-order valence-corrected chi connectivity index (χ4v) is 3.43. The van der Waals surface area contributed by atoms with Gasteiger partial charge in [0, 0.05) is 36.4 Å². The molecule has 2 heterocycles. The van der Waals surface area contributed by atoms with E-state index in [1.165, 1.54) is 0 Å². The molecule has 23 heavy (non-hydrogen) atoms. The summed E-state index contributed by atoms with van der Waals surface area (Å²) in [5.74, 6) is 0.511. The number of fused-ring (bicyclic) bond motifs is 1. The minimum Gasteiger partial charge on any atom is -0.493 e. The van der Waals surface area contributed by atoms with Crippen molar-refractivity contribution in [2.45, 2.75) is 12.8 Å². The van der Waals surface area contributed by atoms with E-state index in [4.69, 9.17) is 4.74 Å². The number of hydrogen-bond donors (Lipinski definition) is 0. The molecule has 0 aliphatic carbocycles. The molecule has 1 aromatic heterocycles. The lowest BCUT2D eigenvalue weighted by molar-refractivity contribution is 0.354. The van der Waals surface area contributed by atoms with Gasteiger partial charge in [0.05, 0.1) is 16.8 Å². The monoisotopic (exact) mass is 372 g/mol. The Hall–Kier alpha value is -2.14. The second kappa shape index (κ2) is 5.81. The average molecular weight is 373 g/mol. The third-order valence-corrected chi connectivity index (χ3v) is 4.62. The van der Waals surface area contributed by atoms with Crippen LogP contribution in [0.5, 0.6) is 5.75 Å². The fourth-order valence-electron chi connectivity index (χ4n) is 2.92. The van der Waals surface area contributed by atoms with Crippen LogP contribution in [0, 0.1) is 5.82 Å². The van der Waals surface area contributed by atoms with Crippen molar-refractivity contribution in [2.75, 3.05) is 6.61 Å². The van der Waals surface area contributed by atoms with Gasteiger partial charge in [-0.3, -0.25) is 0 Å². The summed E-state index contributed by atoms with van der Waals surface area (Å²) in [6, 6.07) is 11.9. The molecule has 0 spiro atoms. The highest BCUT2D eigenvalue weighted by atomic mass is 79.9. The van der Waals surface area contributed by atoms with Gasteiger partial charge in [-0.1, -0.05) is 12.1 Å². The molecule has 0 atom stereocenters. The molecule has 1 aliphatic rings. The Bertz CT molecular complexity index is 844. The van der Waals surface area contributed by atoms with Crippen molar-refractivity contribution in [3.63, 3.8) is 0 Å². The number of rotatable bonds is 3. The van der Waals surface area contributed by atoms with E-state index in [9.17, 15) is 4.39 Å². The Morgan fingerprint density at radius 3 is 2.83 bits per heavy atom. The Kier molecular flexibility index (Phi) is 3.65. The highest BCUT2D eigenvalue weighted by molar-refractivity contribution is 9.10. The van der Waals surface area contributed by atoms with Crippen LogP contribution in [-0.4, -0.2) is 16.4 Å². The summed E-state index contributed by atoms with van der Waals surface area (Å²) < 4.78 is 22.1. The van der Waals surface area contributed by atoms with Gasteiger partial charge in [-0.05, 0) is 45.8 Å². The van der Waals surface area contributed by atoms with E-state index >= 15 is 0 Å². The number of aromatic nitrogens is 2. The van der Waals surface area contributed by atoms with Gasteiger partial charge < -0.3 is 4.74 Å². The molecule has 0 amide bonds. The number of halogens is 2. The SMILES string of the molecule is Fc1c(Br)cc(Cc2ccc(-n3cccn3)cc2)c2c1CCO2. The Balaban J connectivity index is 1.64. The van der Waals surface area contributed by atoms with Crippen molar-refractivity contribution in [3.8, 4) is 11.4 Å². The predicted octanol–water partition coefficient (Wildman–Crippen LogP) is 4.30. The third kappa shape index (κ3) is 2.65. The summed E-state index contributed by atoms with van der Waals surface area (Å²) in [7, 11) is 0. The molecule has 3 nitrogen and oxygen atoms in total. The second-order valence-corrected chi connectivity index (χ2v) is 6.39. The smallest absolute Gasteiger partial charge is 0.144 e. The van der Waals surface area contributed by atoms with E-state index in [1.54, 1.807) is 6.20 Å². The second-order valence-electron chi connectivity index (χ2n) is 5.53. The van der Waals surface area contributed by atoms with Gasteiger partial charge >= 0.3 is 0 Å². The first-order chi connectivity index (χ1) is 11.2. The van der Waals surface area contributed by atoms with Crippen LogP contribution in [0.3, 0.4) is 0 Å². The van der Waals surface area contributed by atoms with Gasteiger partial charge in [0.2, 0.25) is 0 Å². The Morgan fingerprint density at radius 2 is 2.09 bits per heavy atom. The van der Waals surface area contributed by atoms with E-state index in [2.05, 4.69) is 33.2 Å². The molecule has 4 rings (SSSR count). The zero-order chi connectivity index (χ0) is 15.8. The van der Waals surface area contributed by atoms with Crippen molar-refractivity contribution in [3.05, 3.63) is 75.8 Å². The van der Waals surface area contributed by atoms with Crippen LogP contribution in [0.2, 0.25) is 0 Å². The molecule has 0 saturated heterocycles. The molecule has 2 aromatic carbocycles. The van der Waals surface area contributed by atoms with Crippen molar-refractivity contribution in [1.29, 1.82) is 0 Å². The van der Waals surface area contributed by atoms with Crippen LogP contribution in [0.15, 0.2) is 53.3 Å². The molecule has 3 aromatic rings. The summed E-state index contributed by atoms with van der Waals surface area (Å²) in [5.41, 5.74) is 3.86. The predicted molar refractivity (Wildman–Crippen MR) is 89.7 cm³/mol. The topological polar surface area (TPSA) is 27.1 Å². The summed E-state index contributed by atoms with van der Waals surface area (Å²) in [6.45, 7) is 0.550. The zero-order valence-corrected chi connectivity index (χ0v) is 13.9. The zero-order valence-electron chi connectivity index (χ0n) is 12.3. The van der Waals surface area contributed by atoms with Gasteiger partial charge in [-0.15, -0.1) is 0 Å². The first-order valence-corrected chi connectivity index (χ1v) is 8.23. The normalized spacial score (nSPS) is 13.0. The van der Waals surface area contributed by atoms with Crippen LogP contribution in [0.25, 0.3) is 5.69 Å². The molecular formula is C18H14BrFN2O. The molecule has 5 heteroatoms. The lowest BCUT2D eigenvalue weighted by Crippen LogP contribution is -1.97. The first kappa shape index (κ1) is 14.5.